The van der Waals surface area contributed by atoms with Gasteiger partial charge in [-0.05, 0) is 50.2 Å². The van der Waals surface area contributed by atoms with E-state index in [1.54, 1.807) is 24.3 Å². The molecule has 0 unspecified atom stereocenters. The molecule has 0 saturated carbocycles. The van der Waals surface area contributed by atoms with Crippen LogP contribution in [0.4, 0.5) is 0 Å². The van der Waals surface area contributed by atoms with E-state index in [1.807, 2.05) is 0 Å². The van der Waals surface area contributed by atoms with Crippen molar-refractivity contribution < 1.29 is 17.7 Å². The topological polar surface area (TPSA) is 114 Å². The third-order valence-corrected chi connectivity index (χ3v) is 6.77. The Morgan fingerprint density at radius 3 is 2.58 bits per heavy atom. The van der Waals surface area contributed by atoms with Gasteiger partial charge in [-0.1, -0.05) is 16.8 Å². The SMILES string of the molecule is CS(=O)(=O)C1(C(=O)NCc2nc(-c3ccc(Cl)cc3)no2)CCNCC1. The van der Waals surface area contributed by atoms with E-state index in [-0.39, 0.29) is 25.3 Å². The molecule has 26 heavy (non-hydrogen) atoms. The quantitative estimate of drug-likeness (QED) is 0.776. The van der Waals surface area contributed by atoms with Crippen LogP contribution in [0.25, 0.3) is 11.4 Å². The molecule has 0 atom stereocenters. The summed E-state index contributed by atoms with van der Waals surface area (Å²) in [7, 11) is -3.56. The molecule has 0 radical (unpaired) electrons. The standard InChI is InChI=1S/C16H19ClN4O4S/c1-26(23,24)16(6-8-18-9-7-16)15(22)19-10-13-20-14(21-25-13)11-2-4-12(17)5-3-11/h2-5,18H,6-10H2,1H3,(H,19,22). The lowest BCUT2D eigenvalue weighted by atomic mass is 9.96. The molecule has 1 aliphatic heterocycles. The molecule has 1 aromatic carbocycles. The average molecular weight is 399 g/mol. The smallest absolute Gasteiger partial charge is 0.246 e. The number of hydrogen-bond donors (Lipinski definition) is 2. The highest BCUT2D eigenvalue weighted by molar-refractivity contribution is 7.92. The van der Waals surface area contributed by atoms with Gasteiger partial charge < -0.3 is 15.2 Å². The average Bonchev–Trinajstić information content (AvgIpc) is 3.09. The number of sulfone groups is 1. The summed E-state index contributed by atoms with van der Waals surface area (Å²) in [6.07, 6.45) is 1.57. The molecule has 1 saturated heterocycles. The van der Waals surface area contributed by atoms with Crippen molar-refractivity contribution in [2.45, 2.75) is 24.1 Å². The Labute approximate surface area is 156 Å². The minimum Gasteiger partial charge on any atom is -0.346 e. The van der Waals surface area contributed by atoms with Gasteiger partial charge in [0, 0.05) is 16.8 Å². The van der Waals surface area contributed by atoms with Crippen molar-refractivity contribution in [3.8, 4) is 11.4 Å². The summed E-state index contributed by atoms with van der Waals surface area (Å²) in [4.78, 5) is 16.8. The fourth-order valence-corrected chi connectivity index (χ4v) is 4.44. The Hall–Kier alpha value is -1.97. The summed E-state index contributed by atoms with van der Waals surface area (Å²) in [5, 5.41) is 10.2. The largest absolute Gasteiger partial charge is 0.346 e. The molecule has 1 amide bonds. The van der Waals surface area contributed by atoms with Gasteiger partial charge in [-0.25, -0.2) is 8.42 Å². The van der Waals surface area contributed by atoms with Crippen LogP contribution >= 0.6 is 11.6 Å². The van der Waals surface area contributed by atoms with Crippen LogP contribution in [0.3, 0.4) is 0 Å². The number of aromatic nitrogens is 2. The van der Waals surface area contributed by atoms with E-state index in [1.165, 1.54) is 0 Å². The van der Waals surface area contributed by atoms with Crippen molar-refractivity contribution in [3.05, 3.63) is 35.2 Å². The van der Waals surface area contributed by atoms with Gasteiger partial charge >= 0.3 is 0 Å². The van der Waals surface area contributed by atoms with Crippen molar-refractivity contribution in [3.63, 3.8) is 0 Å². The maximum absolute atomic E-state index is 12.6. The first-order chi connectivity index (χ1) is 12.3. The van der Waals surface area contributed by atoms with Gasteiger partial charge in [0.2, 0.25) is 17.6 Å². The lowest BCUT2D eigenvalue weighted by Crippen LogP contribution is -2.57. The summed E-state index contributed by atoms with van der Waals surface area (Å²) in [5.41, 5.74) is 0.724. The maximum Gasteiger partial charge on any atom is 0.246 e. The van der Waals surface area contributed by atoms with E-state index in [4.69, 9.17) is 16.1 Å². The van der Waals surface area contributed by atoms with E-state index >= 15 is 0 Å². The lowest BCUT2D eigenvalue weighted by molar-refractivity contribution is -0.124. The summed E-state index contributed by atoms with van der Waals surface area (Å²) < 4.78 is 28.2. The zero-order valence-electron chi connectivity index (χ0n) is 14.2. The molecular formula is C16H19ClN4O4S. The van der Waals surface area contributed by atoms with Gasteiger partial charge in [0.15, 0.2) is 14.6 Å². The second-order valence-corrected chi connectivity index (χ2v) is 8.98. The Bertz CT molecular complexity index is 889. The Morgan fingerprint density at radius 2 is 1.96 bits per heavy atom. The third kappa shape index (κ3) is 3.74. The van der Waals surface area contributed by atoms with Crippen molar-refractivity contribution in [1.82, 2.24) is 20.8 Å². The van der Waals surface area contributed by atoms with Gasteiger partial charge in [0.05, 0.1) is 6.54 Å². The summed E-state index contributed by atoms with van der Waals surface area (Å²) >= 11 is 5.85. The van der Waals surface area contributed by atoms with E-state index in [0.29, 0.717) is 23.9 Å². The predicted molar refractivity (Wildman–Crippen MR) is 96.3 cm³/mol. The summed E-state index contributed by atoms with van der Waals surface area (Å²) in [6.45, 7) is 0.910. The highest BCUT2D eigenvalue weighted by Crippen LogP contribution is 2.28. The van der Waals surface area contributed by atoms with E-state index in [2.05, 4.69) is 20.8 Å². The minimum atomic E-state index is -3.56. The molecule has 1 fully saturated rings. The van der Waals surface area contributed by atoms with E-state index in [0.717, 1.165) is 11.8 Å². The highest BCUT2D eigenvalue weighted by Gasteiger charge is 2.48. The monoisotopic (exact) mass is 398 g/mol. The molecule has 2 aromatic rings. The molecular weight excluding hydrogens is 380 g/mol. The molecule has 10 heteroatoms. The molecule has 140 valence electrons. The normalized spacial score (nSPS) is 17.0. The molecule has 0 spiro atoms. The first-order valence-corrected chi connectivity index (χ1v) is 10.4. The van der Waals surface area contributed by atoms with Crippen LogP contribution in [-0.2, 0) is 21.2 Å². The number of piperidine rings is 1. The van der Waals surface area contributed by atoms with Crippen LogP contribution in [0.1, 0.15) is 18.7 Å². The van der Waals surface area contributed by atoms with E-state index in [9.17, 15) is 13.2 Å². The number of halogens is 1. The van der Waals surface area contributed by atoms with Crippen molar-refractivity contribution in [1.29, 1.82) is 0 Å². The van der Waals surface area contributed by atoms with Crippen LogP contribution in [0, 0.1) is 0 Å². The van der Waals surface area contributed by atoms with Crippen LogP contribution in [-0.4, -0.2) is 48.6 Å². The fraction of sp³-hybridized carbons (Fsp3) is 0.438. The van der Waals surface area contributed by atoms with Crippen molar-refractivity contribution in [2.75, 3.05) is 19.3 Å². The lowest BCUT2D eigenvalue weighted by Gasteiger charge is -2.34. The van der Waals surface area contributed by atoms with Crippen LogP contribution in [0.15, 0.2) is 28.8 Å². The second-order valence-electron chi connectivity index (χ2n) is 6.22. The number of carbonyl (C=O) groups is 1. The molecule has 1 aliphatic rings. The predicted octanol–water partition coefficient (Wildman–Crippen LogP) is 1.17. The Kier molecular flexibility index (Phi) is 5.31. The zero-order valence-corrected chi connectivity index (χ0v) is 15.7. The number of rotatable bonds is 5. The first-order valence-electron chi connectivity index (χ1n) is 8.09. The van der Waals surface area contributed by atoms with Gasteiger partial charge in [0.1, 0.15) is 0 Å². The van der Waals surface area contributed by atoms with Crippen LogP contribution < -0.4 is 10.6 Å². The molecule has 0 bridgehead atoms. The fourth-order valence-electron chi connectivity index (χ4n) is 2.96. The van der Waals surface area contributed by atoms with Gasteiger partial charge in [-0.2, -0.15) is 4.98 Å². The van der Waals surface area contributed by atoms with E-state index < -0.39 is 20.5 Å². The molecule has 2 N–H and O–H groups in total. The number of amides is 1. The Morgan fingerprint density at radius 1 is 1.31 bits per heavy atom. The first kappa shape index (κ1) is 18.8. The third-order valence-electron chi connectivity index (χ3n) is 4.51. The molecule has 8 nitrogen and oxygen atoms in total. The second kappa shape index (κ2) is 7.34. The number of benzene rings is 1. The summed E-state index contributed by atoms with van der Waals surface area (Å²) in [5.74, 6) is 0.0271. The zero-order chi connectivity index (χ0) is 18.8. The highest BCUT2D eigenvalue weighted by atomic mass is 35.5. The number of hydrogen-bond acceptors (Lipinski definition) is 7. The number of nitrogens with zero attached hydrogens (tertiary/aromatic N) is 2. The maximum atomic E-state index is 12.6. The molecule has 2 heterocycles. The van der Waals surface area contributed by atoms with Gasteiger partial charge in [-0.3, -0.25) is 4.79 Å². The van der Waals surface area contributed by atoms with Crippen LogP contribution in [0.5, 0.6) is 0 Å². The van der Waals surface area contributed by atoms with Gasteiger partial charge in [0.25, 0.3) is 0 Å². The van der Waals surface area contributed by atoms with Crippen molar-refractivity contribution >= 4 is 27.3 Å². The number of nitrogens with one attached hydrogen (secondary N) is 2. The minimum absolute atomic E-state index is 0.0376. The molecule has 0 aliphatic carbocycles. The van der Waals surface area contributed by atoms with Crippen LogP contribution in [0.2, 0.25) is 5.02 Å². The number of carbonyl (C=O) groups excluding carboxylic acids is 1. The summed E-state index contributed by atoms with van der Waals surface area (Å²) in [6, 6.07) is 6.93. The van der Waals surface area contributed by atoms with Crippen molar-refractivity contribution in [2.24, 2.45) is 0 Å². The molecule has 1 aromatic heterocycles. The molecule has 3 rings (SSSR count). The van der Waals surface area contributed by atoms with Gasteiger partial charge in [-0.15, -0.1) is 0 Å². The Balaban J connectivity index is 1.70.